The number of thiocarbonyl (C=S) groups is 1. The van der Waals surface area contributed by atoms with E-state index in [2.05, 4.69) is 39.8 Å². The molecule has 0 aromatic heterocycles. The SMILES string of the molecule is O=C(NC(=S)NC1CCN(Cc2ccccc2)CC1)c1ccc(F)cc1.[Cl-]. The number of rotatable bonds is 4. The molecule has 2 aromatic rings. The first-order valence-electron chi connectivity index (χ1n) is 8.74. The maximum Gasteiger partial charge on any atom is 0.257 e. The molecule has 0 bridgehead atoms. The molecular formula is C20H22ClFN3OS-. The van der Waals surface area contributed by atoms with E-state index >= 15 is 0 Å². The second-order valence-electron chi connectivity index (χ2n) is 6.47. The molecule has 27 heavy (non-hydrogen) atoms. The van der Waals surface area contributed by atoms with E-state index in [0.717, 1.165) is 32.5 Å². The summed E-state index contributed by atoms with van der Waals surface area (Å²) in [6.45, 7) is 2.93. The first-order chi connectivity index (χ1) is 12.6. The van der Waals surface area contributed by atoms with Gasteiger partial charge in [0, 0.05) is 31.2 Å². The summed E-state index contributed by atoms with van der Waals surface area (Å²) in [6.07, 6.45) is 1.94. The number of amides is 1. The fourth-order valence-corrected chi connectivity index (χ4v) is 3.33. The van der Waals surface area contributed by atoms with Crippen LogP contribution < -0.4 is 23.0 Å². The number of carbonyl (C=O) groups excluding carboxylic acids is 1. The van der Waals surface area contributed by atoms with Gasteiger partial charge in [-0.25, -0.2) is 4.39 Å². The average Bonchev–Trinajstić information content (AvgIpc) is 2.64. The average molecular weight is 407 g/mol. The van der Waals surface area contributed by atoms with Gasteiger partial charge in [-0.05, 0) is 54.9 Å². The number of benzene rings is 2. The highest BCUT2D eigenvalue weighted by Crippen LogP contribution is 2.14. The van der Waals surface area contributed by atoms with Crippen molar-refractivity contribution in [1.29, 1.82) is 0 Å². The van der Waals surface area contributed by atoms with Crippen LogP contribution in [-0.4, -0.2) is 35.1 Å². The number of piperidine rings is 1. The van der Waals surface area contributed by atoms with Gasteiger partial charge in [-0.15, -0.1) is 0 Å². The first-order valence-corrected chi connectivity index (χ1v) is 9.14. The van der Waals surface area contributed by atoms with Gasteiger partial charge in [-0.3, -0.25) is 15.0 Å². The Morgan fingerprint density at radius 3 is 2.33 bits per heavy atom. The summed E-state index contributed by atoms with van der Waals surface area (Å²) in [7, 11) is 0. The van der Waals surface area contributed by atoms with Crippen molar-refractivity contribution in [1.82, 2.24) is 15.5 Å². The highest BCUT2D eigenvalue weighted by atomic mass is 35.5. The van der Waals surface area contributed by atoms with Gasteiger partial charge < -0.3 is 17.7 Å². The summed E-state index contributed by atoms with van der Waals surface area (Å²) in [6, 6.07) is 16.1. The van der Waals surface area contributed by atoms with Crippen molar-refractivity contribution >= 4 is 23.2 Å². The monoisotopic (exact) mass is 406 g/mol. The van der Waals surface area contributed by atoms with Crippen LogP contribution in [0.2, 0.25) is 0 Å². The number of hydrogen-bond donors (Lipinski definition) is 2. The van der Waals surface area contributed by atoms with Crippen molar-refractivity contribution in [3.63, 3.8) is 0 Å². The molecule has 1 heterocycles. The Bertz CT molecular complexity index is 750. The molecule has 0 atom stereocenters. The molecule has 1 amide bonds. The van der Waals surface area contributed by atoms with Crippen LogP contribution in [0.5, 0.6) is 0 Å². The second kappa shape index (κ2) is 10.3. The van der Waals surface area contributed by atoms with Crippen LogP contribution in [0.15, 0.2) is 54.6 Å². The minimum Gasteiger partial charge on any atom is -1.00 e. The summed E-state index contributed by atoms with van der Waals surface area (Å²) >= 11 is 5.24. The van der Waals surface area contributed by atoms with Gasteiger partial charge in [0.25, 0.3) is 5.91 Å². The number of halogens is 2. The molecule has 3 rings (SSSR count). The minimum absolute atomic E-state index is 0. The molecule has 1 fully saturated rings. The highest BCUT2D eigenvalue weighted by molar-refractivity contribution is 7.80. The predicted molar refractivity (Wildman–Crippen MR) is 104 cm³/mol. The van der Waals surface area contributed by atoms with Gasteiger partial charge in [0.05, 0.1) is 0 Å². The third-order valence-corrected chi connectivity index (χ3v) is 4.73. The van der Waals surface area contributed by atoms with Gasteiger partial charge in [0.15, 0.2) is 5.11 Å². The Kier molecular flexibility index (Phi) is 8.16. The fraction of sp³-hybridized carbons (Fsp3) is 0.300. The molecule has 0 saturated carbocycles. The Labute approximate surface area is 170 Å². The van der Waals surface area contributed by atoms with Crippen LogP contribution in [-0.2, 0) is 6.54 Å². The van der Waals surface area contributed by atoms with E-state index in [9.17, 15) is 9.18 Å². The van der Waals surface area contributed by atoms with E-state index < -0.39 is 0 Å². The summed E-state index contributed by atoms with van der Waals surface area (Å²) in [5, 5.41) is 6.19. The molecule has 1 aliphatic heterocycles. The molecule has 0 unspecified atom stereocenters. The number of hydrogen-bond acceptors (Lipinski definition) is 3. The van der Waals surface area contributed by atoms with E-state index in [-0.39, 0.29) is 30.2 Å². The highest BCUT2D eigenvalue weighted by Gasteiger charge is 2.20. The van der Waals surface area contributed by atoms with Crippen molar-refractivity contribution in [2.45, 2.75) is 25.4 Å². The molecule has 2 aromatic carbocycles. The lowest BCUT2D eigenvalue weighted by molar-refractivity contribution is -0.0000144. The van der Waals surface area contributed by atoms with Crippen molar-refractivity contribution in [2.24, 2.45) is 0 Å². The van der Waals surface area contributed by atoms with Crippen LogP contribution >= 0.6 is 12.2 Å². The third kappa shape index (κ3) is 6.57. The van der Waals surface area contributed by atoms with E-state index in [0.29, 0.717) is 10.7 Å². The van der Waals surface area contributed by atoms with E-state index in [1.807, 2.05) is 6.07 Å². The van der Waals surface area contributed by atoms with E-state index in [1.165, 1.54) is 29.8 Å². The Hall–Kier alpha value is -2.02. The Balaban J connectivity index is 0.00000261. The number of likely N-dealkylation sites (tertiary alicyclic amines) is 1. The lowest BCUT2D eigenvalue weighted by Gasteiger charge is -2.32. The minimum atomic E-state index is -0.371. The summed E-state index contributed by atoms with van der Waals surface area (Å²) in [5.74, 6) is -0.700. The van der Waals surface area contributed by atoms with E-state index in [1.54, 1.807) is 0 Å². The summed E-state index contributed by atoms with van der Waals surface area (Å²) in [5.41, 5.74) is 1.70. The summed E-state index contributed by atoms with van der Waals surface area (Å²) in [4.78, 5) is 14.5. The first kappa shape index (κ1) is 21.3. The zero-order valence-electron chi connectivity index (χ0n) is 14.8. The number of nitrogens with zero attached hydrogens (tertiary/aromatic N) is 1. The second-order valence-corrected chi connectivity index (χ2v) is 6.88. The van der Waals surface area contributed by atoms with Crippen LogP contribution in [0.1, 0.15) is 28.8 Å². The molecule has 7 heteroatoms. The molecule has 0 aliphatic carbocycles. The van der Waals surface area contributed by atoms with Crippen LogP contribution in [0.25, 0.3) is 0 Å². The van der Waals surface area contributed by atoms with Crippen LogP contribution in [0.3, 0.4) is 0 Å². The molecule has 4 nitrogen and oxygen atoms in total. The molecule has 0 spiro atoms. The predicted octanol–water partition coefficient (Wildman–Crippen LogP) is 0.0986. The van der Waals surface area contributed by atoms with Crippen molar-refractivity contribution in [3.8, 4) is 0 Å². The molecule has 1 aliphatic rings. The summed E-state index contributed by atoms with van der Waals surface area (Å²) < 4.78 is 12.9. The number of nitrogens with one attached hydrogen (secondary N) is 2. The lowest BCUT2D eigenvalue weighted by Crippen LogP contribution is -3.00. The molecular weight excluding hydrogens is 385 g/mol. The van der Waals surface area contributed by atoms with Gasteiger partial charge in [-0.2, -0.15) is 0 Å². The number of carbonyl (C=O) groups is 1. The zero-order valence-corrected chi connectivity index (χ0v) is 16.4. The van der Waals surface area contributed by atoms with Crippen LogP contribution in [0.4, 0.5) is 4.39 Å². The normalized spacial score (nSPS) is 14.9. The fourth-order valence-electron chi connectivity index (χ4n) is 3.08. The maximum atomic E-state index is 12.9. The van der Waals surface area contributed by atoms with Gasteiger partial charge in [-0.1, -0.05) is 30.3 Å². The van der Waals surface area contributed by atoms with E-state index in [4.69, 9.17) is 12.2 Å². The van der Waals surface area contributed by atoms with Gasteiger partial charge >= 0.3 is 0 Å². The topological polar surface area (TPSA) is 44.4 Å². The maximum absolute atomic E-state index is 12.9. The smallest absolute Gasteiger partial charge is 0.257 e. The van der Waals surface area contributed by atoms with Gasteiger partial charge in [0.1, 0.15) is 5.82 Å². The standard InChI is InChI=1S/C20H22FN3OS.ClH/c21-17-8-6-16(7-9-17)19(25)23-20(26)22-18-10-12-24(13-11-18)14-15-4-2-1-3-5-15;/h1-9,18H,10-14H2,(H2,22,23,25,26);1H/p-1. The molecule has 1 saturated heterocycles. The third-order valence-electron chi connectivity index (χ3n) is 4.51. The zero-order chi connectivity index (χ0) is 18.4. The molecule has 144 valence electrons. The van der Waals surface area contributed by atoms with Crippen LogP contribution in [0, 0.1) is 5.82 Å². The molecule has 0 radical (unpaired) electrons. The Morgan fingerprint density at radius 2 is 1.70 bits per heavy atom. The largest absolute Gasteiger partial charge is 1.00 e. The van der Waals surface area contributed by atoms with Gasteiger partial charge in [0.2, 0.25) is 0 Å². The Morgan fingerprint density at radius 1 is 1.07 bits per heavy atom. The quantitative estimate of drug-likeness (QED) is 0.707. The lowest BCUT2D eigenvalue weighted by atomic mass is 10.0. The molecule has 2 N–H and O–H groups in total. The van der Waals surface area contributed by atoms with Crippen molar-refractivity contribution in [2.75, 3.05) is 13.1 Å². The van der Waals surface area contributed by atoms with Crippen molar-refractivity contribution < 1.29 is 21.6 Å². The van der Waals surface area contributed by atoms with Crippen molar-refractivity contribution in [3.05, 3.63) is 71.5 Å².